The number of aromatic nitrogens is 4. The Hall–Kier alpha value is -3.66. The van der Waals surface area contributed by atoms with Crippen molar-refractivity contribution >= 4 is 11.7 Å². The van der Waals surface area contributed by atoms with Gasteiger partial charge in [-0.1, -0.05) is 6.07 Å². The summed E-state index contributed by atoms with van der Waals surface area (Å²) < 4.78 is 12.5. The SMILES string of the molecule is O=C(CC1CNCCN1c1ccnc(-n2ccnc2)n1)NCc1ccc2c(c1)OCO2. The lowest BCUT2D eigenvalue weighted by molar-refractivity contribution is -0.121. The quantitative estimate of drug-likeness (QED) is 0.604. The summed E-state index contributed by atoms with van der Waals surface area (Å²) in [5, 5.41) is 6.38. The maximum absolute atomic E-state index is 12.7. The van der Waals surface area contributed by atoms with Crippen LogP contribution in [0.3, 0.4) is 0 Å². The van der Waals surface area contributed by atoms with Crippen LogP contribution in [0, 0.1) is 0 Å². The average Bonchev–Trinajstić information content (AvgIpc) is 3.50. The maximum Gasteiger partial charge on any atom is 0.236 e. The number of ether oxygens (including phenoxy) is 2. The molecule has 0 saturated carbocycles. The highest BCUT2D eigenvalue weighted by atomic mass is 16.7. The minimum Gasteiger partial charge on any atom is -0.454 e. The second kappa shape index (κ2) is 8.60. The first kappa shape index (κ1) is 19.3. The normalized spacial score (nSPS) is 17.5. The van der Waals surface area contributed by atoms with E-state index in [2.05, 4.69) is 30.5 Å². The van der Waals surface area contributed by atoms with Gasteiger partial charge in [0.25, 0.3) is 0 Å². The van der Waals surface area contributed by atoms with Gasteiger partial charge >= 0.3 is 0 Å². The number of rotatable bonds is 6. The van der Waals surface area contributed by atoms with Gasteiger partial charge in [0.2, 0.25) is 18.6 Å². The van der Waals surface area contributed by atoms with Gasteiger partial charge in [-0.2, -0.15) is 4.98 Å². The van der Waals surface area contributed by atoms with Crippen LogP contribution in [-0.2, 0) is 11.3 Å². The highest BCUT2D eigenvalue weighted by Gasteiger charge is 2.26. The molecule has 1 amide bonds. The fraction of sp³-hybridized carbons (Fsp3) is 0.333. The Morgan fingerprint density at radius 3 is 3.06 bits per heavy atom. The van der Waals surface area contributed by atoms with E-state index in [1.54, 1.807) is 29.5 Å². The van der Waals surface area contributed by atoms with Crippen LogP contribution in [0.1, 0.15) is 12.0 Å². The van der Waals surface area contributed by atoms with E-state index in [0.717, 1.165) is 30.2 Å². The summed E-state index contributed by atoms with van der Waals surface area (Å²) >= 11 is 0. The Kier molecular flexibility index (Phi) is 5.36. The number of nitrogens with one attached hydrogen (secondary N) is 2. The molecule has 0 radical (unpaired) electrons. The molecule has 5 rings (SSSR count). The monoisotopic (exact) mass is 421 g/mol. The summed E-state index contributed by atoms with van der Waals surface area (Å²) in [7, 11) is 0. The van der Waals surface area contributed by atoms with E-state index in [1.165, 1.54) is 0 Å². The molecule has 160 valence electrons. The lowest BCUT2D eigenvalue weighted by Gasteiger charge is -2.36. The van der Waals surface area contributed by atoms with E-state index in [1.807, 2.05) is 24.3 Å². The second-order valence-electron chi connectivity index (χ2n) is 7.40. The van der Waals surface area contributed by atoms with Crippen molar-refractivity contribution in [1.29, 1.82) is 0 Å². The fourth-order valence-electron chi connectivity index (χ4n) is 3.78. The number of hydrogen-bond donors (Lipinski definition) is 2. The number of nitrogens with zero attached hydrogens (tertiary/aromatic N) is 5. The van der Waals surface area contributed by atoms with Gasteiger partial charge in [0.05, 0.1) is 6.04 Å². The van der Waals surface area contributed by atoms with Gasteiger partial charge in [0, 0.05) is 51.2 Å². The Morgan fingerprint density at radius 2 is 2.16 bits per heavy atom. The third-order valence-corrected chi connectivity index (χ3v) is 5.36. The number of anilines is 1. The molecule has 2 aliphatic heterocycles. The molecular formula is C21H23N7O3. The smallest absolute Gasteiger partial charge is 0.236 e. The van der Waals surface area contributed by atoms with Crippen molar-refractivity contribution in [1.82, 2.24) is 30.2 Å². The number of piperazine rings is 1. The minimum absolute atomic E-state index is 0.00367. The molecular weight excluding hydrogens is 398 g/mol. The number of benzene rings is 1. The van der Waals surface area contributed by atoms with Crippen LogP contribution in [0.15, 0.2) is 49.2 Å². The highest BCUT2D eigenvalue weighted by molar-refractivity contribution is 5.77. The summed E-state index contributed by atoms with van der Waals surface area (Å²) in [6.45, 7) is 2.98. The molecule has 10 heteroatoms. The number of hydrogen-bond acceptors (Lipinski definition) is 8. The highest BCUT2D eigenvalue weighted by Crippen LogP contribution is 2.32. The molecule has 1 aromatic carbocycles. The molecule has 10 nitrogen and oxygen atoms in total. The third-order valence-electron chi connectivity index (χ3n) is 5.36. The van der Waals surface area contributed by atoms with Crippen molar-refractivity contribution in [2.24, 2.45) is 0 Å². The summed E-state index contributed by atoms with van der Waals surface area (Å²) in [4.78, 5) is 27.9. The van der Waals surface area contributed by atoms with Crippen molar-refractivity contribution in [3.05, 3.63) is 54.7 Å². The van der Waals surface area contributed by atoms with Crippen LogP contribution in [0.5, 0.6) is 11.5 Å². The van der Waals surface area contributed by atoms with E-state index in [9.17, 15) is 4.79 Å². The summed E-state index contributed by atoms with van der Waals surface area (Å²) in [6.07, 6.45) is 7.25. The molecule has 31 heavy (non-hydrogen) atoms. The lowest BCUT2D eigenvalue weighted by Crippen LogP contribution is -2.53. The first-order valence-electron chi connectivity index (χ1n) is 10.2. The molecule has 0 aliphatic carbocycles. The zero-order valence-electron chi connectivity index (χ0n) is 16.9. The maximum atomic E-state index is 12.7. The van der Waals surface area contributed by atoms with Crippen molar-refractivity contribution in [3.8, 4) is 17.4 Å². The van der Waals surface area contributed by atoms with Gasteiger partial charge in [-0.3, -0.25) is 9.36 Å². The van der Waals surface area contributed by atoms with Crippen molar-refractivity contribution in [3.63, 3.8) is 0 Å². The average molecular weight is 421 g/mol. The fourth-order valence-corrected chi connectivity index (χ4v) is 3.78. The second-order valence-corrected chi connectivity index (χ2v) is 7.40. The predicted octanol–water partition coefficient (Wildman–Crippen LogP) is 0.876. The Labute approximate surface area is 179 Å². The Morgan fingerprint density at radius 1 is 1.23 bits per heavy atom. The first-order chi connectivity index (χ1) is 15.3. The van der Waals surface area contributed by atoms with Crippen LogP contribution >= 0.6 is 0 Å². The minimum atomic E-state index is -0.0137. The zero-order valence-corrected chi connectivity index (χ0v) is 16.9. The van der Waals surface area contributed by atoms with Crippen LogP contribution in [0.25, 0.3) is 5.95 Å². The van der Waals surface area contributed by atoms with Crippen LogP contribution in [0.4, 0.5) is 5.82 Å². The molecule has 4 heterocycles. The molecule has 1 saturated heterocycles. The predicted molar refractivity (Wildman–Crippen MR) is 112 cm³/mol. The Bertz CT molecular complexity index is 1060. The van der Waals surface area contributed by atoms with Gasteiger partial charge in [0.15, 0.2) is 11.5 Å². The van der Waals surface area contributed by atoms with E-state index in [-0.39, 0.29) is 18.7 Å². The molecule has 1 fully saturated rings. The van der Waals surface area contributed by atoms with Crippen LogP contribution in [-0.4, -0.2) is 57.9 Å². The van der Waals surface area contributed by atoms with Gasteiger partial charge < -0.3 is 25.0 Å². The number of amides is 1. The Balaban J connectivity index is 1.23. The van der Waals surface area contributed by atoms with Crippen molar-refractivity contribution in [2.75, 3.05) is 31.3 Å². The number of carbonyl (C=O) groups excluding carboxylic acids is 1. The van der Waals surface area contributed by atoms with Gasteiger partial charge in [0.1, 0.15) is 12.1 Å². The van der Waals surface area contributed by atoms with Crippen LogP contribution < -0.4 is 25.0 Å². The molecule has 0 spiro atoms. The molecule has 3 aromatic rings. The third kappa shape index (κ3) is 4.29. The van der Waals surface area contributed by atoms with E-state index >= 15 is 0 Å². The van der Waals surface area contributed by atoms with E-state index in [4.69, 9.17) is 9.47 Å². The van der Waals surface area contributed by atoms with Crippen LogP contribution in [0.2, 0.25) is 0 Å². The molecule has 2 aliphatic rings. The molecule has 1 unspecified atom stereocenters. The van der Waals surface area contributed by atoms with Gasteiger partial charge in [-0.05, 0) is 23.8 Å². The molecule has 1 atom stereocenters. The first-order valence-corrected chi connectivity index (χ1v) is 10.2. The number of carbonyl (C=O) groups is 1. The van der Waals surface area contributed by atoms with E-state index in [0.29, 0.717) is 31.2 Å². The molecule has 0 bridgehead atoms. The lowest BCUT2D eigenvalue weighted by atomic mass is 10.1. The molecule has 2 N–H and O–H groups in total. The topological polar surface area (TPSA) is 106 Å². The summed E-state index contributed by atoms with van der Waals surface area (Å²) in [6, 6.07) is 7.57. The van der Waals surface area contributed by atoms with Gasteiger partial charge in [-0.15, -0.1) is 0 Å². The number of imidazole rings is 1. The largest absolute Gasteiger partial charge is 0.454 e. The van der Waals surface area contributed by atoms with Crippen molar-refractivity contribution < 1.29 is 14.3 Å². The summed E-state index contributed by atoms with van der Waals surface area (Å²) in [5.41, 5.74) is 0.969. The zero-order chi connectivity index (χ0) is 21.0. The molecule has 2 aromatic heterocycles. The summed E-state index contributed by atoms with van der Waals surface area (Å²) in [5.74, 6) is 2.79. The van der Waals surface area contributed by atoms with Gasteiger partial charge in [-0.25, -0.2) is 9.97 Å². The number of fused-ring (bicyclic) bond motifs is 1. The van der Waals surface area contributed by atoms with E-state index < -0.39 is 0 Å². The van der Waals surface area contributed by atoms with Crippen molar-refractivity contribution in [2.45, 2.75) is 19.0 Å². The standard InChI is InChI=1S/C21H23N7O3/c29-20(25-11-15-1-2-17-18(9-15)31-14-30-17)10-16-12-22-6-8-28(16)19-3-4-24-21(26-19)27-7-5-23-13-27/h1-5,7,9,13,16,22H,6,8,10-12,14H2,(H,25,29).